The van der Waals surface area contributed by atoms with Crippen molar-refractivity contribution in [3.63, 3.8) is 0 Å². The molecule has 2 aliphatic heterocycles. The molecule has 1 saturated heterocycles. The SMILES string of the molecule is C=C(C)/C(=C\C=C(C)C)N1C(=O)Nc2c(C(=O)N[C@@H]3CCCN(C)C3)sc3nccc1c23. The molecule has 2 aromatic rings. The van der Waals surface area contributed by atoms with Gasteiger partial charge in [-0.3, -0.25) is 9.69 Å². The number of urea groups is 1. The maximum absolute atomic E-state index is 13.3. The molecule has 2 N–H and O–H groups in total. The Labute approximate surface area is 192 Å². The Hall–Kier alpha value is -2.97. The Kier molecular flexibility index (Phi) is 6.17. The number of likely N-dealkylation sites (N-methyl/N-ethyl adjacent to an activating group) is 1. The fourth-order valence-electron chi connectivity index (χ4n) is 4.17. The number of pyridine rings is 1. The number of nitrogens with one attached hydrogen (secondary N) is 2. The molecule has 2 aliphatic rings. The molecule has 3 amide bonds. The van der Waals surface area contributed by atoms with Crippen LogP contribution in [0, 0.1) is 0 Å². The summed E-state index contributed by atoms with van der Waals surface area (Å²) in [7, 11) is 2.06. The molecule has 8 heteroatoms. The zero-order valence-corrected chi connectivity index (χ0v) is 19.8. The quantitative estimate of drug-likeness (QED) is 0.634. The first-order valence-corrected chi connectivity index (χ1v) is 11.6. The topological polar surface area (TPSA) is 77.6 Å². The smallest absolute Gasteiger partial charge is 0.331 e. The second kappa shape index (κ2) is 8.88. The number of anilines is 2. The van der Waals surface area contributed by atoms with Crippen LogP contribution >= 0.6 is 11.3 Å². The summed E-state index contributed by atoms with van der Waals surface area (Å²) in [6.45, 7) is 11.8. The van der Waals surface area contributed by atoms with Gasteiger partial charge in [0.05, 0.1) is 22.5 Å². The molecule has 1 fully saturated rings. The average Bonchev–Trinajstić information content (AvgIpc) is 3.09. The van der Waals surface area contributed by atoms with Crippen LogP contribution in [0.3, 0.4) is 0 Å². The first-order valence-electron chi connectivity index (χ1n) is 10.8. The number of hydrogen-bond acceptors (Lipinski definition) is 5. The second-order valence-corrected chi connectivity index (χ2v) is 9.73. The predicted octanol–water partition coefficient (Wildman–Crippen LogP) is 4.90. The number of carbonyl (C=O) groups is 2. The van der Waals surface area contributed by atoms with Gasteiger partial charge in [-0.2, -0.15) is 0 Å². The van der Waals surface area contributed by atoms with Gasteiger partial charge in [-0.25, -0.2) is 9.78 Å². The van der Waals surface area contributed by atoms with Gasteiger partial charge in [0.1, 0.15) is 9.71 Å². The van der Waals surface area contributed by atoms with Crippen molar-refractivity contribution in [1.82, 2.24) is 15.2 Å². The zero-order chi connectivity index (χ0) is 23.0. The van der Waals surface area contributed by atoms with Crippen LogP contribution in [-0.2, 0) is 0 Å². The lowest BCUT2D eigenvalue weighted by atomic mass is 10.1. The highest BCUT2D eigenvalue weighted by Gasteiger charge is 2.34. The van der Waals surface area contributed by atoms with Gasteiger partial charge in [-0.05, 0) is 64.9 Å². The minimum atomic E-state index is -0.314. The van der Waals surface area contributed by atoms with Gasteiger partial charge >= 0.3 is 6.03 Å². The standard InChI is InChI=1S/C24H29N5O2S/c1-14(2)8-9-17(15(3)4)29-18-10-11-25-23-19(18)20(27-24(29)31)21(32-23)22(30)26-16-7-6-12-28(5)13-16/h8-11,16H,3,6-7,12-13H2,1-2,4-5H3,(H,26,30)(H,27,31)/b17-9+/t16-/m1/s1. The van der Waals surface area contributed by atoms with E-state index in [-0.39, 0.29) is 18.0 Å². The maximum Gasteiger partial charge on any atom is 0.331 e. The first-order chi connectivity index (χ1) is 15.3. The molecule has 0 aromatic carbocycles. The first kappa shape index (κ1) is 22.2. The minimum Gasteiger partial charge on any atom is -0.347 e. The highest BCUT2D eigenvalue weighted by Crippen LogP contribution is 2.45. The largest absolute Gasteiger partial charge is 0.347 e. The molecule has 1 atom stereocenters. The molecule has 0 saturated carbocycles. The van der Waals surface area contributed by atoms with Crippen LogP contribution in [0.4, 0.5) is 16.2 Å². The van der Waals surface area contributed by atoms with Crippen LogP contribution in [0.2, 0.25) is 0 Å². The average molecular weight is 452 g/mol. The van der Waals surface area contributed by atoms with Crippen LogP contribution in [0.1, 0.15) is 43.3 Å². The number of thiophene rings is 1. The lowest BCUT2D eigenvalue weighted by Crippen LogP contribution is -2.46. The van der Waals surface area contributed by atoms with E-state index in [0.29, 0.717) is 21.9 Å². The monoisotopic (exact) mass is 451 g/mol. The highest BCUT2D eigenvalue weighted by molar-refractivity contribution is 7.21. The second-order valence-electron chi connectivity index (χ2n) is 8.73. The molecule has 7 nitrogen and oxygen atoms in total. The number of likely N-dealkylation sites (tertiary alicyclic amines) is 1. The van der Waals surface area contributed by atoms with E-state index in [2.05, 4.69) is 34.1 Å². The van der Waals surface area contributed by atoms with Crippen LogP contribution < -0.4 is 15.5 Å². The molecule has 0 radical (unpaired) electrons. The molecule has 0 unspecified atom stereocenters. The molecule has 0 spiro atoms. The van der Waals surface area contributed by atoms with Crippen molar-refractivity contribution >= 4 is 44.9 Å². The predicted molar refractivity (Wildman–Crippen MR) is 131 cm³/mol. The summed E-state index contributed by atoms with van der Waals surface area (Å²) < 4.78 is 0. The van der Waals surface area contributed by atoms with Gasteiger partial charge in [-0.1, -0.05) is 18.2 Å². The molecule has 168 valence electrons. The van der Waals surface area contributed by atoms with Gasteiger partial charge in [-0.15, -0.1) is 11.3 Å². The number of allylic oxidation sites excluding steroid dienone is 4. The van der Waals surface area contributed by atoms with Gasteiger partial charge in [0, 0.05) is 18.8 Å². The number of amides is 3. The van der Waals surface area contributed by atoms with Crippen molar-refractivity contribution < 1.29 is 9.59 Å². The molecule has 0 aliphatic carbocycles. The summed E-state index contributed by atoms with van der Waals surface area (Å²) in [4.78, 5) is 35.9. The highest BCUT2D eigenvalue weighted by atomic mass is 32.1. The lowest BCUT2D eigenvalue weighted by molar-refractivity contribution is 0.0917. The number of carbonyl (C=O) groups excluding carboxylic acids is 2. The third-order valence-electron chi connectivity index (χ3n) is 5.66. The van der Waals surface area contributed by atoms with Crippen molar-refractivity contribution in [2.24, 2.45) is 0 Å². The van der Waals surface area contributed by atoms with Crippen molar-refractivity contribution in [1.29, 1.82) is 0 Å². The van der Waals surface area contributed by atoms with Gasteiger partial charge < -0.3 is 15.5 Å². The van der Waals surface area contributed by atoms with Crippen molar-refractivity contribution in [2.45, 2.75) is 39.7 Å². The summed E-state index contributed by atoms with van der Waals surface area (Å²) >= 11 is 1.31. The summed E-state index contributed by atoms with van der Waals surface area (Å²) in [6.07, 6.45) is 7.54. The van der Waals surface area contributed by atoms with Crippen LogP contribution in [0.15, 0.2) is 47.8 Å². The fraction of sp³-hybridized carbons (Fsp3) is 0.375. The van der Waals surface area contributed by atoms with Crippen molar-refractivity contribution in [3.05, 3.63) is 52.7 Å². The number of piperidine rings is 1. The Morgan fingerprint density at radius 1 is 1.34 bits per heavy atom. The maximum atomic E-state index is 13.3. The fourth-order valence-corrected chi connectivity index (χ4v) is 5.19. The molecule has 4 heterocycles. The summed E-state index contributed by atoms with van der Waals surface area (Å²) in [5, 5.41) is 6.89. The molecular weight excluding hydrogens is 422 g/mol. The van der Waals surface area contributed by atoms with Gasteiger partial charge in [0.2, 0.25) is 0 Å². The molecule has 2 aromatic heterocycles. The lowest BCUT2D eigenvalue weighted by Gasteiger charge is -2.31. The van der Waals surface area contributed by atoms with Gasteiger partial charge in [0.15, 0.2) is 0 Å². The summed E-state index contributed by atoms with van der Waals surface area (Å²) in [6, 6.07) is 1.60. The Balaban J connectivity index is 1.75. The number of nitrogens with zero attached hydrogens (tertiary/aromatic N) is 3. The Morgan fingerprint density at radius 2 is 2.12 bits per heavy atom. The summed E-state index contributed by atoms with van der Waals surface area (Å²) in [5.74, 6) is -0.164. The van der Waals surface area contributed by atoms with E-state index >= 15 is 0 Å². The van der Waals surface area contributed by atoms with E-state index in [1.165, 1.54) is 11.3 Å². The van der Waals surface area contributed by atoms with Crippen molar-refractivity contribution in [3.8, 4) is 0 Å². The van der Waals surface area contributed by atoms with E-state index < -0.39 is 0 Å². The van der Waals surface area contributed by atoms with Crippen molar-refractivity contribution in [2.75, 3.05) is 30.4 Å². The zero-order valence-electron chi connectivity index (χ0n) is 19.0. The van der Waals surface area contributed by atoms with Crippen LogP contribution in [-0.4, -0.2) is 48.0 Å². The normalized spacial score (nSPS) is 19.0. The number of rotatable bonds is 5. The molecule has 4 rings (SSSR count). The Bertz CT molecular complexity index is 1160. The molecular formula is C24H29N5O2S. The minimum absolute atomic E-state index is 0.101. The van der Waals surface area contributed by atoms with E-state index in [1.807, 2.05) is 39.0 Å². The van der Waals surface area contributed by atoms with Gasteiger partial charge in [0.25, 0.3) is 5.91 Å². The Morgan fingerprint density at radius 3 is 2.81 bits per heavy atom. The van der Waals surface area contributed by atoms with E-state index in [0.717, 1.165) is 47.3 Å². The van der Waals surface area contributed by atoms with E-state index in [1.54, 1.807) is 11.1 Å². The third-order valence-corrected chi connectivity index (χ3v) is 6.76. The van der Waals surface area contributed by atoms with Crippen LogP contribution in [0.5, 0.6) is 0 Å². The molecule has 0 bridgehead atoms. The van der Waals surface area contributed by atoms with E-state index in [9.17, 15) is 9.59 Å². The summed E-state index contributed by atoms with van der Waals surface area (Å²) in [5.41, 5.74) is 3.83. The van der Waals surface area contributed by atoms with E-state index in [4.69, 9.17) is 0 Å². The van der Waals surface area contributed by atoms with Crippen LogP contribution in [0.25, 0.3) is 10.2 Å². The third kappa shape index (κ3) is 4.20. The number of hydrogen-bond donors (Lipinski definition) is 2. The number of aromatic nitrogens is 1. The molecule has 32 heavy (non-hydrogen) atoms.